The predicted octanol–water partition coefficient (Wildman–Crippen LogP) is 5.11. The van der Waals surface area contributed by atoms with E-state index in [-0.39, 0.29) is 6.04 Å². The quantitative estimate of drug-likeness (QED) is 0.342. The summed E-state index contributed by atoms with van der Waals surface area (Å²) in [6, 6.07) is 2.07. The molecule has 1 saturated carbocycles. The van der Waals surface area contributed by atoms with Crippen LogP contribution in [0.25, 0.3) is 33.5 Å². The molecule has 4 aromatic heterocycles. The summed E-state index contributed by atoms with van der Waals surface area (Å²) < 4.78 is 39.4. The molecule has 0 bridgehead atoms. The second-order valence-electron chi connectivity index (χ2n) is 8.39. The van der Waals surface area contributed by atoms with E-state index < -0.39 is 12.1 Å². The van der Waals surface area contributed by atoms with E-state index in [1.54, 1.807) is 6.20 Å². The van der Waals surface area contributed by atoms with E-state index in [4.69, 9.17) is 36.9 Å². The van der Waals surface area contributed by atoms with Crippen LogP contribution in [0, 0.1) is 6.92 Å². The SMILES string of the molecule is Cc1cc(-c2c(-c3nn(C(C)C)c4c(Cl)cnc(N)c34)noc2C2CC2)n[nH]1.O=C(O)C(F)(F)F. The minimum absolute atomic E-state index is 0.0847. The summed E-state index contributed by atoms with van der Waals surface area (Å²) >= 11 is 6.46. The Hall–Kier alpha value is -3.61. The standard InChI is InChI=1S/C19H20ClN7O.C2HF3O2/c1-8(2)27-17-11(20)7-22-19(21)14(17)15(25-27)16-13(12-6-9(3)23-24-12)18(28-26-16)10-4-5-10;3-2(4,5)1(6)7/h6-8,10H,4-5H2,1-3H3,(H2,21,22)(H,23,24);(H,6,7). The summed E-state index contributed by atoms with van der Waals surface area (Å²) in [4.78, 5) is 13.1. The normalized spacial score (nSPS) is 13.8. The average Bonchev–Trinajstić information content (AvgIpc) is 3.18. The number of hydrogen-bond acceptors (Lipinski definition) is 7. The Morgan fingerprint density at radius 2 is 2.00 bits per heavy atom. The summed E-state index contributed by atoms with van der Waals surface area (Å²) in [5.41, 5.74) is 10.8. The van der Waals surface area contributed by atoms with E-state index in [0.29, 0.717) is 33.5 Å². The molecule has 10 nitrogen and oxygen atoms in total. The highest BCUT2D eigenvalue weighted by Crippen LogP contribution is 2.48. The third-order valence-electron chi connectivity index (χ3n) is 5.29. The van der Waals surface area contributed by atoms with Crippen LogP contribution in [0.15, 0.2) is 16.8 Å². The number of nitrogens with zero attached hydrogens (tertiary/aromatic N) is 5. The molecule has 0 saturated heterocycles. The zero-order valence-electron chi connectivity index (χ0n) is 18.8. The molecule has 14 heteroatoms. The second kappa shape index (κ2) is 8.87. The number of rotatable bonds is 4. The fourth-order valence-electron chi connectivity index (χ4n) is 3.58. The third-order valence-corrected chi connectivity index (χ3v) is 5.57. The summed E-state index contributed by atoms with van der Waals surface area (Å²) in [7, 11) is 0. The predicted molar refractivity (Wildman–Crippen MR) is 121 cm³/mol. The lowest BCUT2D eigenvalue weighted by Crippen LogP contribution is -2.21. The summed E-state index contributed by atoms with van der Waals surface area (Å²) in [6.45, 7) is 6.05. The molecule has 0 aliphatic heterocycles. The molecule has 4 N–H and O–H groups in total. The van der Waals surface area contributed by atoms with E-state index in [2.05, 4.69) is 20.3 Å². The van der Waals surface area contributed by atoms with E-state index in [0.717, 1.165) is 41.1 Å². The van der Waals surface area contributed by atoms with Gasteiger partial charge in [-0.3, -0.25) is 9.78 Å². The van der Waals surface area contributed by atoms with Crippen LogP contribution in [-0.4, -0.2) is 47.4 Å². The summed E-state index contributed by atoms with van der Waals surface area (Å²) in [6.07, 6.45) is -1.36. The molecule has 35 heavy (non-hydrogen) atoms. The molecule has 0 spiro atoms. The molecule has 1 aliphatic carbocycles. The Kier molecular flexibility index (Phi) is 6.21. The molecule has 0 atom stereocenters. The van der Waals surface area contributed by atoms with E-state index in [9.17, 15) is 13.2 Å². The number of aryl methyl sites for hydroxylation is 1. The number of nitrogens with one attached hydrogen (secondary N) is 1. The smallest absolute Gasteiger partial charge is 0.475 e. The lowest BCUT2D eigenvalue weighted by Gasteiger charge is -2.07. The number of fused-ring (bicyclic) bond motifs is 1. The highest BCUT2D eigenvalue weighted by molar-refractivity contribution is 6.35. The molecule has 4 aromatic rings. The molecule has 4 heterocycles. The monoisotopic (exact) mass is 511 g/mol. The van der Waals surface area contributed by atoms with Crippen molar-refractivity contribution >= 4 is 34.3 Å². The maximum absolute atomic E-state index is 10.6. The molecule has 186 valence electrons. The molecule has 0 aromatic carbocycles. The number of nitrogens with two attached hydrogens (primary N) is 1. The van der Waals surface area contributed by atoms with Gasteiger partial charge in [-0.25, -0.2) is 9.78 Å². The zero-order valence-corrected chi connectivity index (χ0v) is 19.6. The van der Waals surface area contributed by atoms with Crippen LogP contribution in [0.3, 0.4) is 0 Å². The van der Waals surface area contributed by atoms with Crippen molar-refractivity contribution in [3.8, 4) is 22.6 Å². The lowest BCUT2D eigenvalue weighted by atomic mass is 10.0. The van der Waals surface area contributed by atoms with Crippen molar-refractivity contribution in [2.24, 2.45) is 0 Å². The van der Waals surface area contributed by atoms with Crippen molar-refractivity contribution in [3.05, 3.63) is 28.7 Å². The number of nitrogen functional groups attached to an aromatic ring is 1. The van der Waals surface area contributed by atoms with E-state index >= 15 is 0 Å². The Morgan fingerprint density at radius 1 is 1.34 bits per heavy atom. The Labute approximate surface area is 201 Å². The average molecular weight is 512 g/mol. The molecule has 0 unspecified atom stereocenters. The molecule has 0 radical (unpaired) electrons. The van der Waals surface area contributed by atoms with Gasteiger partial charge in [0.15, 0.2) is 0 Å². The highest BCUT2D eigenvalue weighted by Gasteiger charge is 2.38. The Morgan fingerprint density at radius 3 is 2.51 bits per heavy atom. The number of aromatic nitrogens is 6. The maximum Gasteiger partial charge on any atom is 0.490 e. The number of carboxylic acid groups (broad SMARTS) is 1. The van der Waals surface area contributed by atoms with E-state index in [1.807, 2.05) is 31.5 Å². The number of alkyl halides is 3. The first-order chi connectivity index (χ1) is 16.4. The number of pyridine rings is 1. The first-order valence-corrected chi connectivity index (χ1v) is 10.9. The van der Waals surface area contributed by atoms with Crippen molar-refractivity contribution in [1.29, 1.82) is 0 Å². The largest absolute Gasteiger partial charge is 0.490 e. The molecular weight excluding hydrogens is 491 g/mol. The lowest BCUT2D eigenvalue weighted by molar-refractivity contribution is -0.192. The number of hydrogen-bond donors (Lipinski definition) is 3. The number of carboxylic acids is 1. The number of carbonyl (C=O) groups is 1. The second-order valence-corrected chi connectivity index (χ2v) is 8.79. The van der Waals surface area contributed by atoms with Crippen LogP contribution in [0.5, 0.6) is 0 Å². The molecule has 5 rings (SSSR count). The van der Waals surface area contributed by atoms with Crippen molar-refractivity contribution in [2.45, 2.75) is 51.7 Å². The van der Waals surface area contributed by atoms with Crippen LogP contribution >= 0.6 is 11.6 Å². The fraction of sp³-hybridized carbons (Fsp3) is 0.381. The minimum atomic E-state index is -5.08. The van der Waals surface area contributed by atoms with Crippen LogP contribution in [0.4, 0.5) is 19.0 Å². The van der Waals surface area contributed by atoms with Gasteiger partial charge < -0.3 is 15.4 Å². The van der Waals surface area contributed by atoms with Crippen LogP contribution < -0.4 is 5.73 Å². The number of aliphatic carboxylic acids is 1. The maximum atomic E-state index is 10.6. The first kappa shape index (κ1) is 24.5. The number of halogens is 4. The van der Waals surface area contributed by atoms with Gasteiger partial charge in [0.05, 0.1) is 33.4 Å². The fourth-order valence-corrected chi connectivity index (χ4v) is 3.81. The van der Waals surface area contributed by atoms with Gasteiger partial charge in [-0.15, -0.1) is 0 Å². The van der Waals surface area contributed by atoms with Crippen LogP contribution in [0.1, 0.15) is 50.1 Å². The molecular formula is C21H21ClF3N7O3. The highest BCUT2D eigenvalue weighted by atomic mass is 35.5. The van der Waals surface area contributed by atoms with Gasteiger partial charge in [0.2, 0.25) is 0 Å². The number of aromatic amines is 1. The van der Waals surface area contributed by atoms with Gasteiger partial charge in [0.1, 0.15) is 23.0 Å². The van der Waals surface area contributed by atoms with E-state index in [1.165, 1.54) is 0 Å². The van der Waals surface area contributed by atoms with Gasteiger partial charge in [0, 0.05) is 17.7 Å². The Balaban J connectivity index is 0.000000364. The third kappa shape index (κ3) is 4.67. The van der Waals surface area contributed by atoms with Gasteiger partial charge in [-0.05, 0) is 39.7 Å². The summed E-state index contributed by atoms with van der Waals surface area (Å²) in [5, 5.41) is 25.0. The van der Waals surface area contributed by atoms with Crippen LogP contribution in [0.2, 0.25) is 5.02 Å². The van der Waals surface area contributed by atoms with Crippen molar-refractivity contribution in [2.75, 3.05) is 5.73 Å². The molecule has 0 amide bonds. The molecule has 1 fully saturated rings. The first-order valence-electron chi connectivity index (χ1n) is 10.5. The van der Waals surface area contributed by atoms with Crippen molar-refractivity contribution in [3.63, 3.8) is 0 Å². The number of anilines is 1. The zero-order chi connectivity index (χ0) is 25.7. The molecule has 1 aliphatic rings. The van der Waals surface area contributed by atoms with Gasteiger partial charge in [0.25, 0.3) is 0 Å². The van der Waals surface area contributed by atoms with Crippen LogP contribution in [-0.2, 0) is 4.79 Å². The Bertz CT molecular complexity index is 1400. The van der Waals surface area contributed by atoms with Crippen molar-refractivity contribution < 1.29 is 27.6 Å². The van der Waals surface area contributed by atoms with Crippen molar-refractivity contribution in [1.82, 2.24) is 30.1 Å². The van der Waals surface area contributed by atoms with Gasteiger partial charge in [-0.2, -0.15) is 23.4 Å². The van der Waals surface area contributed by atoms with Gasteiger partial charge >= 0.3 is 12.1 Å². The summed E-state index contributed by atoms with van der Waals surface area (Å²) in [5.74, 6) is -1.18. The topological polar surface area (TPSA) is 149 Å². The van der Waals surface area contributed by atoms with Gasteiger partial charge in [-0.1, -0.05) is 16.8 Å². The minimum Gasteiger partial charge on any atom is -0.475 e. The number of H-pyrrole nitrogens is 1.